The van der Waals surface area contributed by atoms with Crippen molar-refractivity contribution in [2.24, 2.45) is 5.10 Å². The van der Waals surface area contributed by atoms with Crippen LogP contribution in [0.4, 0.5) is 53.0 Å². The fourth-order valence-corrected chi connectivity index (χ4v) is 6.49. The summed E-state index contributed by atoms with van der Waals surface area (Å²) >= 11 is 1.45. The SMILES string of the molecule is O=C(CN1CCN(Cc2csc(-c3ccc(NC(=O)Nc4cccc(C(F)(F)F)c4)cc3)n2)CC1)N/N=C/C1NC(=O)N(c2ccc(C(F)(F)F)cc2)C1=O. The van der Waals surface area contributed by atoms with Crippen LogP contribution in [0, 0.1) is 0 Å². The number of alkyl halides is 6. The highest BCUT2D eigenvalue weighted by molar-refractivity contribution is 7.13. The minimum absolute atomic E-state index is 0.00324. The third-order valence-corrected chi connectivity index (χ3v) is 9.38. The molecule has 6 amide bonds. The summed E-state index contributed by atoms with van der Waals surface area (Å²) in [6, 6.07) is 12.0. The lowest BCUT2D eigenvalue weighted by Gasteiger charge is -2.33. The van der Waals surface area contributed by atoms with Crippen molar-refractivity contribution in [2.75, 3.05) is 48.3 Å². The van der Waals surface area contributed by atoms with Crippen molar-refractivity contribution >= 4 is 58.5 Å². The minimum Gasteiger partial charge on any atom is -0.321 e. The first-order valence-corrected chi connectivity index (χ1v) is 17.4. The van der Waals surface area contributed by atoms with E-state index in [9.17, 15) is 45.5 Å². The number of hydrazone groups is 1. The zero-order valence-electron chi connectivity index (χ0n) is 28.4. The molecule has 55 heavy (non-hydrogen) atoms. The second-order valence-electron chi connectivity index (χ2n) is 12.4. The quantitative estimate of drug-likeness (QED) is 0.0683. The van der Waals surface area contributed by atoms with E-state index in [0.717, 1.165) is 58.9 Å². The van der Waals surface area contributed by atoms with Crippen molar-refractivity contribution < 1.29 is 45.5 Å². The van der Waals surface area contributed by atoms with Crippen LogP contribution in [-0.2, 0) is 28.5 Å². The fraction of sp³-hybridized carbons (Fsp3) is 0.257. The Kier molecular flexibility index (Phi) is 11.5. The van der Waals surface area contributed by atoms with Crippen LogP contribution in [-0.4, -0.2) is 83.6 Å². The van der Waals surface area contributed by atoms with Gasteiger partial charge < -0.3 is 16.0 Å². The van der Waals surface area contributed by atoms with E-state index in [4.69, 9.17) is 4.98 Å². The van der Waals surface area contributed by atoms with Crippen molar-refractivity contribution in [2.45, 2.75) is 24.9 Å². The number of halogens is 6. The third-order valence-electron chi connectivity index (χ3n) is 8.44. The van der Waals surface area contributed by atoms with Crippen LogP contribution in [0.2, 0.25) is 0 Å². The van der Waals surface area contributed by atoms with Crippen LogP contribution >= 0.6 is 11.3 Å². The standard InChI is InChI=1S/C35H31F6N9O4S/c36-34(37,38)22-6-10-27(11-7-22)50-31(52)28(46-33(50)54)17-42-47-29(51)19-49-14-12-48(13-15-49)18-26-20-55-30(43-26)21-4-8-24(9-5-21)44-32(53)45-25-3-1-2-23(16-25)35(39,40)41/h1-11,16-17,20,28H,12-15,18-19H2,(H,46,54)(H,47,51)(H2,44,45,53)/b42-17+. The molecule has 4 aromatic rings. The van der Waals surface area contributed by atoms with Crippen LogP contribution < -0.4 is 26.3 Å². The maximum absolute atomic E-state index is 13.0. The maximum Gasteiger partial charge on any atom is 0.416 e. The lowest BCUT2D eigenvalue weighted by atomic mass is 10.2. The first-order chi connectivity index (χ1) is 26.1. The number of benzene rings is 3. The number of aromatic nitrogens is 1. The molecule has 1 atom stereocenters. The third kappa shape index (κ3) is 10.0. The Hall–Kier alpha value is -5.86. The van der Waals surface area contributed by atoms with Gasteiger partial charge in [0.2, 0.25) is 0 Å². The van der Waals surface area contributed by atoms with E-state index in [1.54, 1.807) is 24.3 Å². The Balaban J connectivity index is 0.909. The van der Waals surface area contributed by atoms with E-state index in [1.807, 2.05) is 10.3 Å². The van der Waals surface area contributed by atoms with Crippen LogP contribution in [0.15, 0.2) is 83.3 Å². The fourth-order valence-electron chi connectivity index (χ4n) is 5.68. The van der Waals surface area contributed by atoms with Crippen LogP contribution in [0.25, 0.3) is 10.6 Å². The predicted octanol–water partition coefficient (Wildman–Crippen LogP) is 5.84. The van der Waals surface area contributed by atoms with Gasteiger partial charge in [-0.2, -0.15) is 31.4 Å². The summed E-state index contributed by atoms with van der Waals surface area (Å²) in [5, 5.41) is 13.8. The van der Waals surface area contributed by atoms with Gasteiger partial charge in [0.05, 0.1) is 35.3 Å². The van der Waals surface area contributed by atoms with Crippen molar-refractivity contribution in [3.8, 4) is 10.6 Å². The van der Waals surface area contributed by atoms with Crippen LogP contribution in [0.3, 0.4) is 0 Å². The molecule has 2 aliphatic rings. The molecule has 0 radical (unpaired) electrons. The molecule has 13 nitrogen and oxygen atoms in total. The number of imide groups is 1. The van der Waals surface area contributed by atoms with Gasteiger partial charge in [0.1, 0.15) is 11.0 Å². The van der Waals surface area contributed by atoms with Gasteiger partial charge in [0.15, 0.2) is 0 Å². The highest BCUT2D eigenvalue weighted by Gasteiger charge is 2.39. The molecule has 1 aromatic heterocycles. The minimum atomic E-state index is -4.57. The largest absolute Gasteiger partial charge is 0.416 e. The molecule has 2 saturated heterocycles. The Bertz CT molecular complexity index is 2070. The molecular formula is C35H31F6N9O4S. The first kappa shape index (κ1) is 38.9. The van der Waals surface area contributed by atoms with E-state index in [-0.39, 0.29) is 17.9 Å². The highest BCUT2D eigenvalue weighted by Crippen LogP contribution is 2.32. The normalized spacial score (nSPS) is 17.1. The highest BCUT2D eigenvalue weighted by atomic mass is 32.1. The number of carbonyl (C=O) groups is 4. The molecule has 0 bridgehead atoms. The molecule has 3 aromatic carbocycles. The van der Waals surface area contributed by atoms with Crippen molar-refractivity contribution in [1.82, 2.24) is 25.5 Å². The molecule has 6 rings (SSSR count). The number of nitrogens with zero attached hydrogens (tertiary/aromatic N) is 5. The van der Waals surface area contributed by atoms with Gasteiger partial charge in [-0.05, 0) is 66.7 Å². The van der Waals surface area contributed by atoms with Gasteiger partial charge >= 0.3 is 24.4 Å². The average molecular weight is 788 g/mol. The Labute approximate surface area is 313 Å². The van der Waals surface area contributed by atoms with E-state index < -0.39 is 53.4 Å². The van der Waals surface area contributed by atoms with Crippen LogP contribution in [0.1, 0.15) is 16.8 Å². The topological polar surface area (TPSA) is 151 Å². The average Bonchev–Trinajstić information content (AvgIpc) is 3.71. The Morgan fingerprint density at radius 2 is 1.51 bits per heavy atom. The number of piperazine rings is 1. The molecule has 0 saturated carbocycles. The molecule has 4 N–H and O–H groups in total. The number of thiazole rings is 1. The van der Waals surface area contributed by atoms with E-state index in [2.05, 4.69) is 31.4 Å². The second kappa shape index (κ2) is 16.2. The number of amides is 6. The summed E-state index contributed by atoms with van der Waals surface area (Å²) in [5.74, 6) is -1.21. The van der Waals surface area contributed by atoms with Crippen LogP contribution in [0.5, 0.6) is 0 Å². The summed E-state index contributed by atoms with van der Waals surface area (Å²) in [6.07, 6.45) is -8.06. The number of hydrogen-bond acceptors (Lipinski definition) is 9. The number of rotatable bonds is 10. The maximum atomic E-state index is 13.0. The summed E-state index contributed by atoms with van der Waals surface area (Å²) in [4.78, 5) is 59.4. The van der Waals surface area contributed by atoms with Crippen molar-refractivity contribution in [1.29, 1.82) is 0 Å². The molecule has 0 spiro atoms. The van der Waals surface area contributed by atoms with E-state index in [0.29, 0.717) is 43.3 Å². The predicted molar refractivity (Wildman–Crippen MR) is 191 cm³/mol. The van der Waals surface area contributed by atoms with Gasteiger partial charge in [-0.15, -0.1) is 11.3 Å². The zero-order chi connectivity index (χ0) is 39.3. The number of anilines is 3. The summed E-state index contributed by atoms with van der Waals surface area (Å²) in [7, 11) is 0. The van der Waals surface area contributed by atoms with E-state index >= 15 is 0 Å². The lowest BCUT2D eigenvalue weighted by Crippen LogP contribution is -2.48. The number of hydrogen-bond donors (Lipinski definition) is 4. The van der Waals surface area contributed by atoms with Gasteiger partial charge in [0, 0.05) is 55.0 Å². The monoisotopic (exact) mass is 787 g/mol. The zero-order valence-corrected chi connectivity index (χ0v) is 29.3. The lowest BCUT2D eigenvalue weighted by molar-refractivity contribution is -0.138. The smallest absolute Gasteiger partial charge is 0.321 e. The Morgan fingerprint density at radius 3 is 2.18 bits per heavy atom. The molecule has 1 unspecified atom stereocenters. The molecular weight excluding hydrogens is 756 g/mol. The summed E-state index contributed by atoms with van der Waals surface area (Å²) in [6.45, 7) is 3.11. The van der Waals surface area contributed by atoms with Gasteiger partial charge in [0.25, 0.3) is 11.8 Å². The number of urea groups is 2. The first-order valence-electron chi connectivity index (χ1n) is 16.5. The van der Waals surface area contributed by atoms with Gasteiger partial charge in [-0.3, -0.25) is 19.4 Å². The molecule has 288 valence electrons. The molecule has 2 fully saturated rings. The molecule has 2 aliphatic heterocycles. The molecule has 0 aliphatic carbocycles. The summed E-state index contributed by atoms with van der Waals surface area (Å²) < 4.78 is 77.5. The molecule has 20 heteroatoms. The second-order valence-corrected chi connectivity index (χ2v) is 13.2. The Morgan fingerprint density at radius 1 is 0.855 bits per heavy atom. The number of nitrogens with one attached hydrogen (secondary N) is 4. The van der Waals surface area contributed by atoms with Crippen molar-refractivity contribution in [3.05, 3.63) is 95.0 Å². The van der Waals surface area contributed by atoms with Gasteiger partial charge in [-0.1, -0.05) is 6.07 Å². The van der Waals surface area contributed by atoms with E-state index in [1.165, 1.54) is 23.5 Å². The molecule has 3 heterocycles. The number of carbonyl (C=O) groups excluding carboxylic acids is 4. The van der Waals surface area contributed by atoms with Crippen molar-refractivity contribution in [3.63, 3.8) is 0 Å². The summed E-state index contributed by atoms with van der Waals surface area (Å²) in [5.41, 5.74) is 2.60. The van der Waals surface area contributed by atoms with Gasteiger partial charge in [-0.25, -0.2) is 24.9 Å².